The molecule has 2 amide bonds. The lowest BCUT2D eigenvalue weighted by Crippen LogP contribution is -2.34. The molecule has 0 saturated carbocycles. The number of nitrogens with zero attached hydrogens (tertiary/aromatic N) is 1. The minimum absolute atomic E-state index is 0.314. The molecule has 0 aromatic heterocycles. The van der Waals surface area contributed by atoms with Gasteiger partial charge in [-0.15, -0.1) is 0 Å². The van der Waals surface area contributed by atoms with E-state index in [9.17, 15) is 14.0 Å². The van der Waals surface area contributed by atoms with E-state index in [1.54, 1.807) is 0 Å². The number of carbonyl (C=O) groups is 2. The van der Waals surface area contributed by atoms with Crippen LogP contribution in [-0.4, -0.2) is 42.1 Å². The Morgan fingerprint density at radius 2 is 1.77 bits per heavy atom. The van der Waals surface area contributed by atoms with Gasteiger partial charge in [0.05, 0.1) is 0 Å². The lowest BCUT2D eigenvalue weighted by Gasteiger charge is -2.22. The van der Waals surface area contributed by atoms with Crippen LogP contribution in [0.1, 0.15) is 24.8 Å². The van der Waals surface area contributed by atoms with Gasteiger partial charge in [-0.05, 0) is 43.5 Å². The van der Waals surface area contributed by atoms with Crippen LogP contribution in [0.4, 0.5) is 9.18 Å². The molecule has 1 aliphatic heterocycles. The molecule has 0 radical (unpaired) electrons. The molecule has 1 aromatic rings. The molecule has 0 bridgehead atoms. The van der Waals surface area contributed by atoms with Crippen molar-refractivity contribution in [1.29, 1.82) is 0 Å². The third-order valence-corrected chi connectivity index (χ3v) is 3.02. The van der Waals surface area contributed by atoms with Gasteiger partial charge in [0.15, 0.2) is 0 Å². The topological polar surface area (TPSA) is 69.6 Å². The molecule has 0 atom stereocenters. The third kappa shape index (κ3) is 6.75. The summed E-state index contributed by atoms with van der Waals surface area (Å²) >= 11 is 0. The number of hydrogen-bond acceptors (Lipinski definition) is 2. The number of nitrogens with one attached hydrogen (secondary N) is 1. The molecule has 1 aromatic carbocycles. The second-order valence-corrected chi connectivity index (χ2v) is 4.67. The van der Waals surface area contributed by atoms with Crippen molar-refractivity contribution in [3.8, 4) is 11.8 Å². The van der Waals surface area contributed by atoms with Crippen LogP contribution in [-0.2, 0) is 4.79 Å². The summed E-state index contributed by atoms with van der Waals surface area (Å²) in [6.45, 7) is 1.46. The lowest BCUT2D eigenvalue weighted by molar-refractivity contribution is -0.115. The molecule has 5 nitrogen and oxygen atoms in total. The Hall–Kier alpha value is -2.55. The first kappa shape index (κ1) is 17.5. The number of amides is 2. The smallest absolute Gasteiger partial charge is 0.407 e. The molecule has 1 fully saturated rings. The van der Waals surface area contributed by atoms with Crippen LogP contribution in [0.2, 0.25) is 0 Å². The van der Waals surface area contributed by atoms with Crippen LogP contribution in [0.5, 0.6) is 0 Å². The zero-order chi connectivity index (χ0) is 16.4. The molecule has 0 aliphatic carbocycles. The molecule has 0 spiro atoms. The highest BCUT2D eigenvalue weighted by atomic mass is 19.1. The number of benzene rings is 1. The molecular formula is C16H19FN2O3. The van der Waals surface area contributed by atoms with Crippen LogP contribution < -0.4 is 5.32 Å². The highest BCUT2D eigenvalue weighted by Crippen LogP contribution is 2.07. The van der Waals surface area contributed by atoms with Gasteiger partial charge in [-0.25, -0.2) is 9.18 Å². The van der Waals surface area contributed by atoms with Crippen LogP contribution >= 0.6 is 0 Å². The summed E-state index contributed by atoms with van der Waals surface area (Å²) in [5.41, 5.74) is 0.616. The van der Waals surface area contributed by atoms with E-state index < -0.39 is 6.09 Å². The predicted molar refractivity (Wildman–Crippen MR) is 80.8 cm³/mol. The van der Waals surface area contributed by atoms with E-state index in [1.165, 1.54) is 42.6 Å². The maximum absolute atomic E-state index is 12.4. The standard InChI is InChI=1S/C10H8FNO.C6H11NO2/c1-12-10(13)7-4-8-2-5-9(11)6-3-8;8-6(9)7-4-2-1-3-5-7/h2-3,5-6H,1H3,(H,12,13);1-5H2,(H,8,9). The van der Waals surface area contributed by atoms with Crippen molar-refractivity contribution in [3.05, 3.63) is 35.6 Å². The Morgan fingerprint density at radius 3 is 2.23 bits per heavy atom. The van der Waals surface area contributed by atoms with Crippen LogP contribution in [0.25, 0.3) is 0 Å². The summed E-state index contributed by atoms with van der Waals surface area (Å²) < 4.78 is 12.4. The predicted octanol–water partition coefficient (Wildman–Crippen LogP) is 2.07. The molecule has 1 heterocycles. The number of carboxylic acid groups (broad SMARTS) is 1. The number of hydrogen-bond donors (Lipinski definition) is 2. The fraction of sp³-hybridized carbons (Fsp3) is 0.375. The van der Waals surface area contributed by atoms with Crippen LogP contribution in [0.15, 0.2) is 24.3 Å². The van der Waals surface area contributed by atoms with E-state index in [-0.39, 0.29) is 11.7 Å². The second-order valence-electron chi connectivity index (χ2n) is 4.67. The maximum Gasteiger partial charge on any atom is 0.407 e. The number of likely N-dealkylation sites (tertiary alicyclic amines) is 1. The van der Waals surface area contributed by atoms with Gasteiger partial charge in [0.2, 0.25) is 0 Å². The van der Waals surface area contributed by atoms with Gasteiger partial charge >= 0.3 is 6.09 Å². The average molecular weight is 306 g/mol. The monoisotopic (exact) mass is 306 g/mol. The van der Waals surface area contributed by atoms with E-state index in [2.05, 4.69) is 17.2 Å². The molecule has 6 heteroatoms. The van der Waals surface area contributed by atoms with Gasteiger partial charge in [0, 0.05) is 31.6 Å². The number of halogens is 1. The largest absolute Gasteiger partial charge is 0.465 e. The first-order valence-electron chi connectivity index (χ1n) is 7.00. The van der Waals surface area contributed by atoms with Crippen molar-refractivity contribution in [2.24, 2.45) is 0 Å². The van der Waals surface area contributed by atoms with E-state index in [0.29, 0.717) is 5.56 Å². The normalized spacial score (nSPS) is 13.1. The van der Waals surface area contributed by atoms with Crippen LogP contribution in [0.3, 0.4) is 0 Å². The van der Waals surface area contributed by atoms with Crippen molar-refractivity contribution < 1.29 is 19.1 Å². The van der Waals surface area contributed by atoms with E-state index in [0.717, 1.165) is 25.9 Å². The van der Waals surface area contributed by atoms with Gasteiger partial charge in [0.25, 0.3) is 5.91 Å². The Bertz CT molecular complexity index is 555. The highest BCUT2D eigenvalue weighted by molar-refractivity contribution is 5.93. The van der Waals surface area contributed by atoms with Gasteiger partial charge < -0.3 is 15.3 Å². The Balaban J connectivity index is 0.000000235. The number of piperidine rings is 1. The molecule has 0 unspecified atom stereocenters. The average Bonchev–Trinajstić information content (AvgIpc) is 2.55. The number of rotatable bonds is 0. The van der Waals surface area contributed by atoms with Crippen molar-refractivity contribution in [2.75, 3.05) is 20.1 Å². The summed E-state index contributed by atoms with van der Waals surface area (Å²) in [5.74, 6) is 4.27. The van der Waals surface area contributed by atoms with E-state index >= 15 is 0 Å². The lowest BCUT2D eigenvalue weighted by atomic mass is 10.1. The van der Waals surface area contributed by atoms with Crippen LogP contribution in [0, 0.1) is 17.7 Å². The Kier molecular flexibility index (Phi) is 7.48. The molecule has 1 aliphatic rings. The summed E-state index contributed by atoms with van der Waals surface area (Å²) in [6.07, 6.45) is 2.48. The maximum atomic E-state index is 12.4. The molecule has 1 saturated heterocycles. The van der Waals surface area contributed by atoms with Gasteiger partial charge in [-0.3, -0.25) is 4.79 Å². The van der Waals surface area contributed by atoms with Crippen molar-refractivity contribution >= 4 is 12.0 Å². The summed E-state index contributed by atoms with van der Waals surface area (Å²) in [7, 11) is 1.50. The van der Waals surface area contributed by atoms with Gasteiger partial charge in [-0.1, -0.05) is 5.92 Å². The minimum atomic E-state index is -0.769. The molecule has 22 heavy (non-hydrogen) atoms. The first-order valence-corrected chi connectivity index (χ1v) is 7.00. The quantitative estimate of drug-likeness (QED) is 0.721. The van der Waals surface area contributed by atoms with Crippen molar-refractivity contribution in [2.45, 2.75) is 19.3 Å². The van der Waals surface area contributed by atoms with E-state index in [4.69, 9.17) is 5.11 Å². The Morgan fingerprint density at radius 1 is 1.18 bits per heavy atom. The fourth-order valence-corrected chi connectivity index (χ4v) is 1.81. The first-order chi connectivity index (χ1) is 10.5. The van der Waals surface area contributed by atoms with Gasteiger partial charge in [0.1, 0.15) is 5.82 Å². The summed E-state index contributed by atoms with van der Waals surface area (Å²) in [6, 6.07) is 5.64. The number of carbonyl (C=O) groups excluding carboxylic acids is 1. The van der Waals surface area contributed by atoms with Gasteiger partial charge in [-0.2, -0.15) is 0 Å². The molecule has 118 valence electrons. The highest BCUT2D eigenvalue weighted by Gasteiger charge is 2.13. The summed E-state index contributed by atoms with van der Waals surface area (Å²) in [4.78, 5) is 22.4. The minimum Gasteiger partial charge on any atom is -0.465 e. The van der Waals surface area contributed by atoms with Crippen molar-refractivity contribution in [3.63, 3.8) is 0 Å². The molecular weight excluding hydrogens is 287 g/mol. The third-order valence-electron chi connectivity index (χ3n) is 3.02. The fourth-order valence-electron chi connectivity index (χ4n) is 1.81. The SMILES string of the molecule is CNC(=O)C#Cc1ccc(F)cc1.O=C(O)N1CCCCC1. The zero-order valence-corrected chi connectivity index (χ0v) is 12.4. The van der Waals surface area contributed by atoms with Crippen molar-refractivity contribution in [1.82, 2.24) is 10.2 Å². The molecule has 2 rings (SSSR count). The Labute approximate surface area is 129 Å². The zero-order valence-electron chi connectivity index (χ0n) is 12.4. The molecule has 2 N–H and O–H groups in total. The summed E-state index contributed by atoms with van der Waals surface area (Å²) in [5, 5.41) is 10.8. The second kappa shape index (κ2) is 9.40. The van der Waals surface area contributed by atoms with E-state index in [1.807, 2.05) is 0 Å².